The molecule has 2 N–H and O–H groups in total. The summed E-state index contributed by atoms with van der Waals surface area (Å²) in [5.74, 6) is 1.01. The number of carbonyl (C=O) groups excluding carboxylic acids is 2. The van der Waals surface area contributed by atoms with Gasteiger partial charge in [0, 0.05) is 37.2 Å². The molecule has 1 heterocycles. The van der Waals surface area contributed by atoms with Gasteiger partial charge in [-0.2, -0.15) is 0 Å². The zero-order chi connectivity index (χ0) is 18.4. The van der Waals surface area contributed by atoms with Crippen molar-refractivity contribution in [1.82, 2.24) is 9.80 Å². The van der Waals surface area contributed by atoms with Gasteiger partial charge >= 0.3 is 0 Å². The molecule has 0 spiro atoms. The zero-order valence-electron chi connectivity index (χ0n) is 14.5. The molecule has 2 saturated carbocycles. The Labute approximate surface area is 163 Å². The van der Waals surface area contributed by atoms with Crippen LogP contribution < -0.4 is 5.73 Å². The third-order valence-corrected chi connectivity index (χ3v) is 6.85. The van der Waals surface area contributed by atoms with E-state index in [1.54, 1.807) is 23.1 Å². The lowest BCUT2D eigenvalue weighted by Gasteiger charge is -2.38. The Balaban J connectivity index is 1.38. The van der Waals surface area contributed by atoms with Crippen molar-refractivity contribution in [3.63, 3.8) is 0 Å². The third kappa shape index (κ3) is 3.10. The lowest BCUT2D eigenvalue weighted by atomic mass is 9.84. The molecule has 7 heteroatoms. The van der Waals surface area contributed by atoms with Crippen LogP contribution in [-0.4, -0.2) is 53.8 Å². The number of halogens is 2. The summed E-state index contributed by atoms with van der Waals surface area (Å²) in [5, 5.41) is 0.859. The number of nitrogens with two attached hydrogens (primary N) is 1. The van der Waals surface area contributed by atoms with Crippen molar-refractivity contribution in [2.75, 3.05) is 26.2 Å². The molecule has 5 nitrogen and oxygen atoms in total. The molecular weight excluding hydrogens is 373 g/mol. The number of benzene rings is 1. The van der Waals surface area contributed by atoms with Gasteiger partial charge in [0.25, 0.3) is 5.91 Å². The minimum absolute atomic E-state index is 0.00813. The van der Waals surface area contributed by atoms with Gasteiger partial charge in [-0.05, 0) is 49.3 Å². The number of hydrogen-bond donors (Lipinski definition) is 1. The number of nitrogens with zero attached hydrogens (tertiary/aromatic N) is 2. The Morgan fingerprint density at radius 1 is 1.00 bits per heavy atom. The summed E-state index contributed by atoms with van der Waals surface area (Å²) in [6, 6.07) is 4.90. The maximum Gasteiger partial charge on any atom is 0.255 e. The predicted octanol–water partition coefficient (Wildman–Crippen LogP) is 2.65. The fourth-order valence-electron chi connectivity index (χ4n) is 4.88. The van der Waals surface area contributed by atoms with E-state index in [-0.39, 0.29) is 23.8 Å². The molecule has 0 radical (unpaired) electrons. The minimum Gasteiger partial charge on any atom is -0.339 e. The summed E-state index contributed by atoms with van der Waals surface area (Å²) < 4.78 is 0. The lowest BCUT2D eigenvalue weighted by molar-refractivity contribution is -0.139. The second-order valence-corrected chi connectivity index (χ2v) is 8.52. The van der Waals surface area contributed by atoms with Gasteiger partial charge in [-0.15, -0.1) is 0 Å². The highest BCUT2D eigenvalue weighted by Gasteiger charge is 2.50. The van der Waals surface area contributed by atoms with Crippen molar-refractivity contribution in [2.24, 2.45) is 23.5 Å². The summed E-state index contributed by atoms with van der Waals surface area (Å²) in [6.07, 6.45) is 3.40. The molecule has 0 aromatic heterocycles. The average molecular weight is 396 g/mol. The van der Waals surface area contributed by atoms with Crippen LogP contribution in [0.3, 0.4) is 0 Å². The first-order valence-corrected chi connectivity index (χ1v) is 10.00. The average Bonchev–Trinajstić information content (AvgIpc) is 3.22. The Morgan fingerprint density at radius 2 is 1.65 bits per heavy atom. The van der Waals surface area contributed by atoms with Gasteiger partial charge in [0.15, 0.2) is 0 Å². The van der Waals surface area contributed by atoms with E-state index in [2.05, 4.69) is 0 Å². The van der Waals surface area contributed by atoms with E-state index in [0.29, 0.717) is 53.6 Å². The summed E-state index contributed by atoms with van der Waals surface area (Å²) in [6.45, 7) is 2.13. The Morgan fingerprint density at radius 3 is 2.27 bits per heavy atom. The zero-order valence-corrected chi connectivity index (χ0v) is 16.0. The second-order valence-electron chi connectivity index (χ2n) is 7.68. The summed E-state index contributed by atoms with van der Waals surface area (Å²) in [4.78, 5) is 29.3. The van der Waals surface area contributed by atoms with Gasteiger partial charge in [-0.3, -0.25) is 9.59 Å². The number of fused-ring (bicyclic) bond motifs is 2. The molecule has 2 amide bonds. The molecule has 26 heavy (non-hydrogen) atoms. The second kappa shape index (κ2) is 7.02. The highest BCUT2D eigenvalue weighted by atomic mass is 35.5. The van der Waals surface area contributed by atoms with Gasteiger partial charge in [0.05, 0.1) is 16.5 Å². The first-order chi connectivity index (χ1) is 12.5. The molecular formula is C19H23Cl2N3O2. The normalized spacial score (nSPS) is 30.7. The minimum atomic E-state index is -0.115. The molecule has 4 rings (SSSR count). The summed E-state index contributed by atoms with van der Waals surface area (Å²) in [5.41, 5.74) is 6.76. The molecule has 3 fully saturated rings. The first-order valence-electron chi connectivity index (χ1n) is 9.24. The fourth-order valence-corrected chi connectivity index (χ4v) is 5.37. The van der Waals surface area contributed by atoms with Gasteiger partial charge in [0.2, 0.25) is 5.91 Å². The van der Waals surface area contributed by atoms with Crippen LogP contribution in [0.4, 0.5) is 0 Å². The molecule has 4 atom stereocenters. The largest absolute Gasteiger partial charge is 0.339 e. The van der Waals surface area contributed by atoms with Crippen LogP contribution in [0.1, 0.15) is 29.6 Å². The van der Waals surface area contributed by atoms with Crippen LogP contribution in [0, 0.1) is 17.8 Å². The van der Waals surface area contributed by atoms with Gasteiger partial charge in [-0.25, -0.2) is 0 Å². The maximum atomic E-state index is 12.9. The Bertz CT molecular complexity index is 731. The highest BCUT2D eigenvalue weighted by Crippen LogP contribution is 2.48. The molecule has 3 aliphatic rings. The molecule has 140 valence electrons. The molecule has 1 saturated heterocycles. The molecule has 2 aliphatic carbocycles. The van der Waals surface area contributed by atoms with Crippen molar-refractivity contribution >= 4 is 35.0 Å². The van der Waals surface area contributed by atoms with Crippen LogP contribution >= 0.6 is 23.2 Å². The van der Waals surface area contributed by atoms with E-state index >= 15 is 0 Å². The van der Waals surface area contributed by atoms with Gasteiger partial charge < -0.3 is 15.5 Å². The van der Waals surface area contributed by atoms with Crippen LogP contribution in [-0.2, 0) is 4.79 Å². The van der Waals surface area contributed by atoms with Crippen molar-refractivity contribution in [2.45, 2.75) is 25.3 Å². The highest BCUT2D eigenvalue weighted by molar-refractivity contribution is 6.36. The number of piperazine rings is 1. The van der Waals surface area contributed by atoms with Crippen LogP contribution in [0.2, 0.25) is 10.0 Å². The summed E-state index contributed by atoms with van der Waals surface area (Å²) in [7, 11) is 0. The van der Waals surface area contributed by atoms with E-state index in [1.165, 1.54) is 6.42 Å². The third-order valence-electron chi connectivity index (χ3n) is 6.31. The van der Waals surface area contributed by atoms with E-state index in [1.807, 2.05) is 4.90 Å². The van der Waals surface area contributed by atoms with E-state index in [4.69, 9.17) is 28.9 Å². The standard InChI is InChI=1S/C19H23Cl2N3O2/c20-13-3-4-14(15(21)10-13)18(25)23-5-7-24(8-6-23)19(26)16-11-1-2-12(9-11)17(16)22/h3-4,10-12,16-17H,1-2,5-9,22H2. The molecule has 4 unspecified atom stereocenters. The summed E-state index contributed by atoms with van der Waals surface area (Å²) >= 11 is 12.0. The van der Waals surface area contributed by atoms with Gasteiger partial charge in [-0.1, -0.05) is 23.2 Å². The predicted molar refractivity (Wildman–Crippen MR) is 101 cm³/mol. The van der Waals surface area contributed by atoms with Crippen molar-refractivity contribution in [1.29, 1.82) is 0 Å². The maximum absolute atomic E-state index is 12.9. The topological polar surface area (TPSA) is 66.6 Å². The lowest BCUT2D eigenvalue weighted by Crippen LogP contribution is -2.54. The SMILES string of the molecule is NC1C2CCC(C2)C1C(=O)N1CCN(C(=O)c2ccc(Cl)cc2Cl)CC1. The molecule has 2 bridgehead atoms. The number of rotatable bonds is 2. The fraction of sp³-hybridized carbons (Fsp3) is 0.579. The van der Waals surface area contributed by atoms with Gasteiger partial charge in [0.1, 0.15) is 0 Å². The van der Waals surface area contributed by atoms with E-state index in [0.717, 1.165) is 12.8 Å². The monoisotopic (exact) mass is 395 g/mol. The Kier molecular flexibility index (Phi) is 4.88. The quantitative estimate of drug-likeness (QED) is 0.836. The molecule has 1 aromatic carbocycles. The molecule has 1 aliphatic heterocycles. The molecule has 1 aromatic rings. The smallest absolute Gasteiger partial charge is 0.255 e. The number of amides is 2. The van der Waals surface area contributed by atoms with Crippen molar-refractivity contribution in [3.8, 4) is 0 Å². The first kappa shape index (κ1) is 18.1. The van der Waals surface area contributed by atoms with E-state index in [9.17, 15) is 9.59 Å². The van der Waals surface area contributed by atoms with Crippen LogP contribution in [0.25, 0.3) is 0 Å². The number of hydrogen-bond acceptors (Lipinski definition) is 3. The van der Waals surface area contributed by atoms with Crippen LogP contribution in [0.5, 0.6) is 0 Å². The number of carbonyl (C=O) groups is 2. The van der Waals surface area contributed by atoms with Crippen LogP contribution in [0.15, 0.2) is 18.2 Å². The Hall–Kier alpha value is -1.30. The van der Waals surface area contributed by atoms with Crippen molar-refractivity contribution in [3.05, 3.63) is 33.8 Å². The van der Waals surface area contributed by atoms with Crippen molar-refractivity contribution < 1.29 is 9.59 Å². The van der Waals surface area contributed by atoms with E-state index < -0.39 is 0 Å².